The molecule has 0 radical (unpaired) electrons. The van der Waals surface area contributed by atoms with E-state index < -0.39 is 0 Å². The Morgan fingerprint density at radius 2 is 1.94 bits per heavy atom. The van der Waals surface area contributed by atoms with Crippen LogP contribution in [0.25, 0.3) is 0 Å². The molecule has 0 aromatic rings. The smallest absolute Gasteiger partial charge is 0.000977 e. The molecule has 1 rings (SSSR count). The van der Waals surface area contributed by atoms with Crippen LogP contribution in [-0.2, 0) is 0 Å². The largest absolute Gasteiger partial charge is 0.303 e. The minimum Gasteiger partial charge on any atom is -0.303 e. The van der Waals surface area contributed by atoms with Crippen molar-refractivity contribution in [3.8, 4) is 0 Å². The van der Waals surface area contributed by atoms with E-state index in [1.807, 2.05) is 0 Å². The van der Waals surface area contributed by atoms with Gasteiger partial charge in [-0.25, -0.2) is 0 Å². The highest BCUT2D eigenvalue weighted by Crippen LogP contribution is 2.22. The van der Waals surface area contributed by atoms with E-state index in [1.54, 1.807) is 0 Å². The molecule has 1 heterocycles. The highest BCUT2D eigenvalue weighted by molar-refractivity contribution is 4.72. The van der Waals surface area contributed by atoms with Crippen LogP contribution in [0.2, 0.25) is 0 Å². The van der Waals surface area contributed by atoms with Crippen LogP contribution in [0.4, 0.5) is 0 Å². The first-order valence-electron chi connectivity index (χ1n) is 7.94. The number of hydrogen-bond donors (Lipinski definition) is 0. The molecule has 1 nitrogen and oxygen atoms in total. The normalized spacial score (nSPS) is 22.9. The highest BCUT2D eigenvalue weighted by atomic mass is 15.1. The van der Waals surface area contributed by atoms with Gasteiger partial charge in [-0.2, -0.15) is 0 Å². The Kier molecular flexibility index (Phi) is 7.92. The minimum absolute atomic E-state index is 0.828. The fraction of sp³-hybridized carbons (Fsp3) is 1.00. The van der Waals surface area contributed by atoms with Gasteiger partial charge in [0.1, 0.15) is 0 Å². The van der Waals surface area contributed by atoms with Crippen molar-refractivity contribution in [2.24, 2.45) is 11.8 Å². The summed E-state index contributed by atoms with van der Waals surface area (Å²) in [5.41, 5.74) is 0. The van der Waals surface area contributed by atoms with E-state index in [4.69, 9.17) is 0 Å². The predicted octanol–water partition coefficient (Wildman–Crippen LogP) is 4.71. The fourth-order valence-corrected chi connectivity index (χ4v) is 3.09. The first-order chi connectivity index (χ1) is 8.22. The molecular weight excluding hydrogens is 206 g/mol. The van der Waals surface area contributed by atoms with Crippen LogP contribution in [0.5, 0.6) is 0 Å². The van der Waals surface area contributed by atoms with E-state index in [-0.39, 0.29) is 0 Å². The van der Waals surface area contributed by atoms with E-state index in [9.17, 15) is 0 Å². The van der Waals surface area contributed by atoms with E-state index in [0.717, 1.165) is 11.8 Å². The molecule has 0 bridgehead atoms. The van der Waals surface area contributed by atoms with Gasteiger partial charge < -0.3 is 4.90 Å². The maximum atomic E-state index is 2.72. The molecule has 1 aliphatic rings. The van der Waals surface area contributed by atoms with Crippen molar-refractivity contribution in [2.75, 3.05) is 19.6 Å². The lowest BCUT2D eigenvalue weighted by atomic mass is 9.96. The van der Waals surface area contributed by atoms with Crippen LogP contribution in [-0.4, -0.2) is 24.5 Å². The monoisotopic (exact) mass is 239 g/mol. The van der Waals surface area contributed by atoms with Gasteiger partial charge in [-0.05, 0) is 37.6 Å². The van der Waals surface area contributed by atoms with Gasteiger partial charge in [0.15, 0.2) is 0 Å². The molecule has 0 aromatic carbocycles. The molecule has 1 saturated heterocycles. The van der Waals surface area contributed by atoms with Gasteiger partial charge in [0.2, 0.25) is 0 Å². The second-order valence-corrected chi connectivity index (χ2v) is 6.36. The summed E-state index contributed by atoms with van der Waals surface area (Å²) < 4.78 is 0. The zero-order valence-corrected chi connectivity index (χ0v) is 12.4. The van der Waals surface area contributed by atoms with Crippen molar-refractivity contribution in [1.29, 1.82) is 0 Å². The van der Waals surface area contributed by atoms with E-state index >= 15 is 0 Å². The molecular formula is C16H33N. The van der Waals surface area contributed by atoms with Crippen molar-refractivity contribution in [2.45, 2.75) is 72.1 Å². The SMILES string of the molecule is CCCCCCC1CCCCN(CC(C)C)C1. The molecule has 0 N–H and O–H groups in total. The maximum Gasteiger partial charge on any atom is 0.000977 e. The average molecular weight is 239 g/mol. The number of likely N-dealkylation sites (tertiary alicyclic amines) is 1. The molecule has 0 aromatic heterocycles. The molecule has 0 spiro atoms. The molecule has 0 saturated carbocycles. The summed E-state index contributed by atoms with van der Waals surface area (Å²) in [6.07, 6.45) is 11.6. The topological polar surface area (TPSA) is 3.24 Å². The number of rotatable bonds is 7. The van der Waals surface area contributed by atoms with Crippen molar-refractivity contribution < 1.29 is 0 Å². The molecule has 17 heavy (non-hydrogen) atoms. The molecule has 1 atom stereocenters. The number of hydrogen-bond acceptors (Lipinski definition) is 1. The van der Waals surface area contributed by atoms with Gasteiger partial charge in [0, 0.05) is 13.1 Å². The van der Waals surface area contributed by atoms with Gasteiger partial charge in [-0.1, -0.05) is 52.9 Å². The summed E-state index contributed by atoms with van der Waals surface area (Å²) in [5, 5.41) is 0. The quantitative estimate of drug-likeness (QED) is 0.581. The lowest BCUT2D eigenvalue weighted by molar-refractivity contribution is 0.217. The lowest BCUT2D eigenvalue weighted by Crippen LogP contribution is -2.31. The first kappa shape index (κ1) is 15.0. The Hall–Kier alpha value is -0.0400. The van der Waals surface area contributed by atoms with Gasteiger partial charge in [-0.3, -0.25) is 0 Å². The Morgan fingerprint density at radius 3 is 2.65 bits per heavy atom. The Morgan fingerprint density at radius 1 is 1.12 bits per heavy atom. The second-order valence-electron chi connectivity index (χ2n) is 6.36. The van der Waals surface area contributed by atoms with Gasteiger partial charge in [0.05, 0.1) is 0 Å². The second kappa shape index (κ2) is 8.97. The zero-order chi connectivity index (χ0) is 12.5. The summed E-state index contributed by atoms with van der Waals surface area (Å²) in [5.74, 6) is 1.82. The maximum absolute atomic E-state index is 2.72. The van der Waals surface area contributed by atoms with E-state index in [2.05, 4.69) is 25.7 Å². The zero-order valence-electron chi connectivity index (χ0n) is 12.4. The Bertz CT molecular complexity index is 176. The molecule has 1 aliphatic heterocycles. The Balaban J connectivity index is 2.22. The van der Waals surface area contributed by atoms with Crippen LogP contribution in [0.1, 0.15) is 72.1 Å². The van der Waals surface area contributed by atoms with E-state index in [1.165, 1.54) is 71.0 Å². The third-order valence-corrected chi connectivity index (χ3v) is 3.94. The van der Waals surface area contributed by atoms with Crippen LogP contribution in [0.15, 0.2) is 0 Å². The van der Waals surface area contributed by atoms with Crippen LogP contribution in [0.3, 0.4) is 0 Å². The molecule has 0 aliphatic carbocycles. The first-order valence-corrected chi connectivity index (χ1v) is 7.94. The minimum atomic E-state index is 0.828. The van der Waals surface area contributed by atoms with Crippen molar-refractivity contribution >= 4 is 0 Å². The highest BCUT2D eigenvalue weighted by Gasteiger charge is 2.18. The van der Waals surface area contributed by atoms with Gasteiger partial charge in [-0.15, -0.1) is 0 Å². The molecule has 0 amide bonds. The summed E-state index contributed by atoms with van der Waals surface area (Å²) in [7, 11) is 0. The standard InChI is InChI=1S/C16H33N/c1-4-5-6-7-10-16-11-8-9-12-17(14-16)13-15(2)3/h15-16H,4-14H2,1-3H3. The average Bonchev–Trinajstić information content (AvgIpc) is 2.49. The fourth-order valence-electron chi connectivity index (χ4n) is 3.09. The summed E-state index contributed by atoms with van der Waals surface area (Å²) in [4.78, 5) is 2.72. The molecule has 1 fully saturated rings. The van der Waals surface area contributed by atoms with E-state index in [0.29, 0.717) is 0 Å². The number of nitrogens with zero attached hydrogens (tertiary/aromatic N) is 1. The van der Waals surface area contributed by atoms with Crippen LogP contribution < -0.4 is 0 Å². The van der Waals surface area contributed by atoms with Gasteiger partial charge >= 0.3 is 0 Å². The number of unbranched alkanes of at least 4 members (excludes halogenated alkanes) is 3. The van der Waals surface area contributed by atoms with Gasteiger partial charge in [0.25, 0.3) is 0 Å². The van der Waals surface area contributed by atoms with Crippen molar-refractivity contribution in [3.05, 3.63) is 0 Å². The molecule has 1 heteroatoms. The summed E-state index contributed by atoms with van der Waals surface area (Å²) >= 11 is 0. The third kappa shape index (κ3) is 7.08. The molecule has 102 valence electrons. The van der Waals surface area contributed by atoms with Crippen LogP contribution >= 0.6 is 0 Å². The van der Waals surface area contributed by atoms with Crippen molar-refractivity contribution in [3.63, 3.8) is 0 Å². The molecule has 1 unspecified atom stereocenters. The lowest BCUT2D eigenvalue weighted by Gasteiger charge is -2.25. The Labute approximate surface area is 109 Å². The summed E-state index contributed by atoms with van der Waals surface area (Å²) in [6.45, 7) is 11.0. The third-order valence-electron chi connectivity index (χ3n) is 3.94. The summed E-state index contributed by atoms with van der Waals surface area (Å²) in [6, 6.07) is 0. The van der Waals surface area contributed by atoms with Crippen molar-refractivity contribution in [1.82, 2.24) is 4.90 Å². The predicted molar refractivity (Wildman–Crippen MR) is 77.4 cm³/mol. The van der Waals surface area contributed by atoms with Crippen LogP contribution in [0, 0.1) is 11.8 Å².